The van der Waals surface area contributed by atoms with Gasteiger partial charge >= 0.3 is 5.97 Å². The van der Waals surface area contributed by atoms with Crippen LogP contribution in [0.25, 0.3) is 10.9 Å². The molecule has 168 valence electrons. The number of fused-ring (bicyclic) bond motifs is 2. The summed E-state index contributed by atoms with van der Waals surface area (Å²) in [5, 5.41) is 6.36. The number of anilines is 1. The molecular formula is C26H25N3O4. The number of amides is 2. The number of hydrogen-bond donors (Lipinski definition) is 2. The Morgan fingerprint density at radius 1 is 0.970 bits per heavy atom. The molecule has 33 heavy (non-hydrogen) atoms. The Kier molecular flexibility index (Phi) is 5.77. The highest BCUT2D eigenvalue weighted by Gasteiger charge is 2.26. The van der Waals surface area contributed by atoms with Crippen molar-refractivity contribution in [1.82, 2.24) is 10.3 Å². The zero-order valence-corrected chi connectivity index (χ0v) is 18.2. The van der Waals surface area contributed by atoms with Crippen molar-refractivity contribution in [3.05, 3.63) is 70.9 Å². The van der Waals surface area contributed by atoms with E-state index in [0.29, 0.717) is 16.8 Å². The number of pyridine rings is 1. The summed E-state index contributed by atoms with van der Waals surface area (Å²) >= 11 is 0. The maximum Gasteiger partial charge on any atom is 0.339 e. The van der Waals surface area contributed by atoms with Gasteiger partial charge in [0.2, 0.25) is 0 Å². The number of nitrogens with zero attached hydrogens (tertiary/aromatic N) is 1. The maximum atomic E-state index is 13.1. The van der Waals surface area contributed by atoms with E-state index in [1.165, 1.54) is 0 Å². The average Bonchev–Trinajstić information content (AvgIpc) is 3.65. The molecule has 7 nitrogen and oxygen atoms in total. The van der Waals surface area contributed by atoms with E-state index in [4.69, 9.17) is 9.72 Å². The van der Waals surface area contributed by atoms with Gasteiger partial charge in [0, 0.05) is 17.1 Å². The second-order valence-corrected chi connectivity index (χ2v) is 8.55. The number of esters is 1. The highest BCUT2D eigenvalue weighted by atomic mass is 16.5. The van der Waals surface area contributed by atoms with Crippen LogP contribution in [0.5, 0.6) is 0 Å². The molecule has 1 fully saturated rings. The van der Waals surface area contributed by atoms with Crippen LogP contribution in [-0.4, -0.2) is 35.4 Å². The maximum absolute atomic E-state index is 13.1. The zero-order valence-electron chi connectivity index (χ0n) is 18.2. The predicted octanol–water partition coefficient (Wildman–Crippen LogP) is 3.80. The number of hydrogen-bond acceptors (Lipinski definition) is 5. The third kappa shape index (κ3) is 4.58. The number of carbonyl (C=O) groups is 3. The third-order valence-electron chi connectivity index (χ3n) is 6.07. The van der Waals surface area contributed by atoms with E-state index in [0.717, 1.165) is 60.7 Å². The van der Waals surface area contributed by atoms with Gasteiger partial charge < -0.3 is 15.4 Å². The van der Waals surface area contributed by atoms with Crippen molar-refractivity contribution < 1.29 is 19.1 Å². The van der Waals surface area contributed by atoms with Crippen molar-refractivity contribution in [3.63, 3.8) is 0 Å². The number of para-hydroxylation sites is 2. The Bertz CT molecular complexity index is 1250. The lowest BCUT2D eigenvalue weighted by molar-refractivity contribution is -0.119. The van der Waals surface area contributed by atoms with E-state index >= 15 is 0 Å². The van der Waals surface area contributed by atoms with E-state index < -0.39 is 18.5 Å². The number of benzene rings is 2. The van der Waals surface area contributed by atoms with Crippen molar-refractivity contribution in [2.45, 2.75) is 44.6 Å². The fourth-order valence-corrected chi connectivity index (χ4v) is 4.28. The van der Waals surface area contributed by atoms with E-state index in [1.807, 2.05) is 24.3 Å². The molecule has 3 aromatic rings. The highest BCUT2D eigenvalue weighted by Crippen LogP contribution is 2.30. The minimum atomic E-state index is -0.526. The summed E-state index contributed by atoms with van der Waals surface area (Å²) in [6.07, 6.45) is 5.59. The van der Waals surface area contributed by atoms with E-state index in [-0.39, 0.29) is 11.9 Å². The summed E-state index contributed by atoms with van der Waals surface area (Å²) in [4.78, 5) is 42.9. The summed E-state index contributed by atoms with van der Waals surface area (Å²) in [7, 11) is 0. The number of ether oxygens (including phenoxy) is 1. The predicted molar refractivity (Wildman–Crippen MR) is 124 cm³/mol. The fraction of sp³-hybridized carbons (Fsp3) is 0.308. The van der Waals surface area contributed by atoms with Crippen molar-refractivity contribution in [3.8, 4) is 0 Å². The quantitative estimate of drug-likeness (QED) is 0.565. The van der Waals surface area contributed by atoms with Gasteiger partial charge in [-0.1, -0.05) is 30.3 Å². The molecule has 7 heteroatoms. The van der Waals surface area contributed by atoms with Gasteiger partial charge in [0.25, 0.3) is 11.8 Å². The molecule has 1 aromatic heterocycles. The average molecular weight is 444 g/mol. The van der Waals surface area contributed by atoms with Crippen LogP contribution < -0.4 is 10.6 Å². The monoisotopic (exact) mass is 443 g/mol. The minimum absolute atomic E-state index is 0.211. The fourth-order valence-electron chi connectivity index (χ4n) is 4.28. The van der Waals surface area contributed by atoms with Crippen LogP contribution in [0.1, 0.15) is 57.7 Å². The third-order valence-corrected chi connectivity index (χ3v) is 6.07. The molecule has 0 atom stereocenters. The first kappa shape index (κ1) is 21.1. The van der Waals surface area contributed by atoms with Gasteiger partial charge in [0.1, 0.15) is 0 Å². The number of aryl methyl sites for hydroxylation is 1. The van der Waals surface area contributed by atoms with Gasteiger partial charge in [-0.15, -0.1) is 0 Å². The van der Waals surface area contributed by atoms with Crippen LogP contribution in [0.2, 0.25) is 0 Å². The largest absolute Gasteiger partial charge is 0.452 e. The van der Waals surface area contributed by atoms with E-state index in [2.05, 4.69) is 10.6 Å². The molecule has 0 aliphatic heterocycles. The van der Waals surface area contributed by atoms with Crippen LogP contribution in [0.4, 0.5) is 5.69 Å². The summed E-state index contributed by atoms with van der Waals surface area (Å²) in [6.45, 7) is -0.442. The topological polar surface area (TPSA) is 97.4 Å². The molecule has 0 radical (unpaired) electrons. The van der Waals surface area contributed by atoms with Crippen LogP contribution in [0.15, 0.2) is 48.5 Å². The number of nitrogens with one attached hydrogen (secondary N) is 2. The molecule has 1 heterocycles. The molecule has 2 amide bonds. The van der Waals surface area contributed by atoms with Gasteiger partial charge in [-0.05, 0) is 62.3 Å². The standard InChI is InChI=1S/C26H25N3O4/c30-23(29-22-12-6-3-9-19(22)25(31)27-16-13-14-16)15-33-26(32)24-17-7-1-4-10-20(17)28-21-11-5-2-8-18(21)24/h1,3-4,6-7,9-10,12,16H,2,5,8,11,13-15H2,(H,27,31)(H,29,30). The first-order valence-corrected chi connectivity index (χ1v) is 11.4. The second kappa shape index (κ2) is 9.02. The number of rotatable bonds is 6. The molecule has 5 rings (SSSR count). The lowest BCUT2D eigenvalue weighted by Gasteiger charge is -2.20. The number of carbonyl (C=O) groups excluding carboxylic acids is 3. The van der Waals surface area contributed by atoms with Gasteiger partial charge in [-0.2, -0.15) is 0 Å². The Balaban J connectivity index is 1.31. The summed E-state index contributed by atoms with van der Waals surface area (Å²) in [6, 6.07) is 14.5. The van der Waals surface area contributed by atoms with Crippen LogP contribution in [0.3, 0.4) is 0 Å². The number of aromatic nitrogens is 1. The smallest absolute Gasteiger partial charge is 0.339 e. The Morgan fingerprint density at radius 2 is 1.73 bits per heavy atom. The zero-order chi connectivity index (χ0) is 22.8. The lowest BCUT2D eigenvalue weighted by Crippen LogP contribution is -2.28. The van der Waals surface area contributed by atoms with Crippen molar-refractivity contribution >= 4 is 34.4 Å². The summed E-state index contributed by atoms with van der Waals surface area (Å²) in [5.74, 6) is -1.25. The molecule has 0 unspecified atom stereocenters. The van der Waals surface area contributed by atoms with Crippen molar-refractivity contribution in [2.24, 2.45) is 0 Å². The van der Waals surface area contributed by atoms with Crippen LogP contribution >= 0.6 is 0 Å². The van der Waals surface area contributed by atoms with E-state index in [1.54, 1.807) is 24.3 Å². The first-order chi connectivity index (χ1) is 16.1. The Labute approximate surface area is 191 Å². The molecule has 0 spiro atoms. The molecule has 2 N–H and O–H groups in total. The lowest BCUT2D eigenvalue weighted by atomic mass is 9.90. The molecule has 2 aliphatic rings. The Morgan fingerprint density at radius 3 is 2.58 bits per heavy atom. The molecule has 2 aliphatic carbocycles. The SMILES string of the molecule is O=C(COC(=O)c1c2c(nc3ccccc13)CCCC2)Nc1ccccc1C(=O)NC1CC1. The summed E-state index contributed by atoms with van der Waals surface area (Å²) in [5.41, 5.74) is 3.90. The van der Waals surface area contributed by atoms with Gasteiger partial charge in [-0.25, -0.2) is 4.79 Å². The van der Waals surface area contributed by atoms with Gasteiger partial charge in [-0.3, -0.25) is 14.6 Å². The molecule has 1 saturated carbocycles. The van der Waals surface area contributed by atoms with Crippen molar-refractivity contribution in [1.29, 1.82) is 0 Å². The minimum Gasteiger partial charge on any atom is -0.452 e. The Hall–Kier alpha value is -3.74. The van der Waals surface area contributed by atoms with Crippen molar-refractivity contribution in [2.75, 3.05) is 11.9 Å². The van der Waals surface area contributed by atoms with Crippen LogP contribution in [0, 0.1) is 0 Å². The highest BCUT2D eigenvalue weighted by molar-refractivity contribution is 6.07. The van der Waals surface area contributed by atoms with Gasteiger partial charge in [0.05, 0.1) is 22.3 Å². The molecule has 2 aromatic carbocycles. The van der Waals surface area contributed by atoms with E-state index in [9.17, 15) is 14.4 Å². The van der Waals surface area contributed by atoms with Crippen LogP contribution in [-0.2, 0) is 22.4 Å². The molecule has 0 bridgehead atoms. The van der Waals surface area contributed by atoms with Gasteiger partial charge in [0.15, 0.2) is 6.61 Å². The summed E-state index contributed by atoms with van der Waals surface area (Å²) < 4.78 is 5.43. The first-order valence-electron chi connectivity index (χ1n) is 11.4. The molecular weight excluding hydrogens is 418 g/mol. The second-order valence-electron chi connectivity index (χ2n) is 8.55. The normalized spacial score (nSPS) is 14.9. The molecule has 0 saturated heterocycles.